The molecule has 0 aromatic heterocycles. The van der Waals surface area contributed by atoms with Crippen molar-refractivity contribution in [1.82, 2.24) is 25.3 Å². The number of carbonyl (C=O) groups excluding carboxylic acids is 2. The number of ether oxygens (including phenoxy) is 1. The Bertz CT molecular complexity index is 1170. The third-order valence-corrected chi connectivity index (χ3v) is 6.46. The molecule has 1 unspecified atom stereocenters. The number of benzene rings is 1. The van der Waals surface area contributed by atoms with E-state index >= 15 is 0 Å². The Morgan fingerprint density at radius 2 is 2.14 bits per heavy atom. The van der Waals surface area contributed by atoms with Gasteiger partial charge in [0.1, 0.15) is 28.6 Å². The number of nitrogens with one attached hydrogen (secondary N) is 2. The van der Waals surface area contributed by atoms with Crippen LogP contribution in [0.5, 0.6) is 0 Å². The number of fused-ring (bicyclic) bond motifs is 1. The number of hydrogen-bond acceptors (Lipinski definition) is 6. The molecule has 2 atom stereocenters. The molecule has 3 amide bonds. The molecule has 11 heteroatoms. The molecular formula is C25H30ClFN6O3. The van der Waals surface area contributed by atoms with Crippen molar-refractivity contribution in [3.63, 3.8) is 0 Å². The van der Waals surface area contributed by atoms with Crippen LogP contribution in [-0.2, 0) is 11.3 Å². The van der Waals surface area contributed by atoms with Crippen molar-refractivity contribution in [2.45, 2.75) is 58.0 Å². The molecule has 3 aliphatic rings. The standard InChI is InChI=1S/C25H30ClFN6O3/c1-25(2,3)36-23(34)29-18-6-5-9-32(14-18)22-19-11-20(26)30-21(19)31(4)24(35)33(22)13-16-10-17(27)8-7-15(16)12-28/h7-8,10-11,18,21,30H,5-6,9,13-14H2,1-4H3,(H,29,34)/t18-,21?/m1/s1. The number of hydrogen-bond donors (Lipinski definition) is 2. The number of rotatable bonds is 4. The maximum atomic E-state index is 14.1. The van der Waals surface area contributed by atoms with E-state index in [-0.39, 0.29) is 18.6 Å². The van der Waals surface area contributed by atoms with Crippen LogP contribution in [0.3, 0.4) is 0 Å². The lowest BCUT2D eigenvalue weighted by molar-refractivity contribution is 0.0466. The summed E-state index contributed by atoms with van der Waals surface area (Å²) in [4.78, 5) is 31.1. The second-order valence-corrected chi connectivity index (χ2v) is 10.5. The molecule has 0 spiro atoms. The predicted octanol–water partition coefficient (Wildman–Crippen LogP) is 3.77. The number of amides is 3. The van der Waals surface area contributed by atoms with Gasteiger partial charge in [-0.2, -0.15) is 5.26 Å². The third kappa shape index (κ3) is 5.36. The first-order chi connectivity index (χ1) is 17.0. The Hall–Kier alpha value is -3.45. The van der Waals surface area contributed by atoms with Crippen molar-refractivity contribution in [3.05, 3.63) is 57.8 Å². The molecule has 4 rings (SSSR count). The fourth-order valence-electron chi connectivity index (χ4n) is 4.73. The molecule has 0 saturated carbocycles. The van der Waals surface area contributed by atoms with Gasteiger partial charge in [-0.1, -0.05) is 11.6 Å². The number of likely N-dealkylation sites (N-methyl/N-ethyl adjacent to an activating group) is 1. The zero-order chi connectivity index (χ0) is 26.2. The molecule has 36 heavy (non-hydrogen) atoms. The summed E-state index contributed by atoms with van der Waals surface area (Å²) in [5, 5.41) is 16.0. The molecule has 1 aromatic carbocycles. The summed E-state index contributed by atoms with van der Waals surface area (Å²) in [7, 11) is 1.66. The fourth-order valence-corrected chi connectivity index (χ4v) is 4.96. The summed E-state index contributed by atoms with van der Waals surface area (Å²) in [6, 6.07) is 5.47. The van der Waals surface area contributed by atoms with E-state index < -0.39 is 23.7 Å². The summed E-state index contributed by atoms with van der Waals surface area (Å²) in [6.45, 7) is 6.50. The molecule has 0 radical (unpaired) electrons. The van der Waals surface area contributed by atoms with Crippen molar-refractivity contribution < 1.29 is 18.7 Å². The average molecular weight is 517 g/mol. The van der Waals surface area contributed by atoms with Gasteiger partial charge in [-0.25, -0.2) is 14.0 Å². The largest absolute Gasteiger partial charge is 0.444 e. The van der Waals surface area contributed by atoms with Crippen LogP contribution in [0.2, 0.25) is 0 Å². The zero-order valence-corrected chi connectivity index (χ0v) is 21.5. The average Bonchev–Trinajstić information content (AvgIpc) is 3.17. The molecule has 2 N–H and O–H groups in total. The number of alkyl carbamates (subject to hydrolysis) is 1. The van der Waals surface area contributed by atoms with Crippen LogP contribution >= 0.6 is 11.6 Å². The number of likely N-dealkylation sites (tertiary alicyclic amines) is 1. The minimum absolute atomic E-state index is 0.00149. The number of nitriles is 1. The highest BCUT2D eigenvalue weighted by Crippen LogP contribution is 2.35. The molecule has 0 aliphatic carbocycles. The van der Waals surface area contributed by atoms with Gasteiger partial charge in [0.05, 0.1) is 18.2 Å². The van der Waals surface area contributed by atoms with Crippen LogP contribution in [0, 0.1) is 17.1 Å². The number of piperidine rings is 1. The van der Waals surface area contributed by atoms with Crippen LogP contribution < -0.4 is 10.6 Å². The number of nitrogens with zero attached hydrogens (tertiary/aromatic N) is 4. The maximum Gasteiger partial charge on any atom is 0.407 e. The van der Waals surface area contributed by atoms with Crippen molar-refractivity contribution >= 4 is 23.7 Å². The highest BCUT2D eigenvalue weighted by atomic mass is 35.5. The minimum Gasteiger partial charge on any atom is -0.444 e. The molecule has 192 valence electrons. The molecule has 0 bridgehead atoms. The Labute approximate surface area is 215 Å². The predicted molar refractivity (Wildman–Crippen MR) is 132 cm³/mol. The lowest BCUT2D eigenvalue weighted by Crippen LogP contribution is -2.58. The van der Waals surface area contributed by atoms with Crippen LogP contribution in [0.25, 0.3) is 0 Å². The molecular weight excluding hydrogens is 487 g/mol. The minimum atomic E-state index is -0.617. The summed E-state index contributed by atoms with van der Waals surface area (Å²) in [6.07, 6.45) is 2.35. The van der Waals surface area contributed by atoms with E-state index in [0.717, 1.165) is 18.4 Å². The summed E-state index contributed by atoms with van der Waals surface area (Å²) in [5.41, 5.74) is 0.861. The van der Waals surface area contributed by atoms with Gasteiger partial charge < -0.3 is 25.2 Å². The molecule has 3 aliphatic heterocycles. The molecule has 1 aromatic rings. The van der Waals surface area contributed by atoms with Crippen LogP contribution in [0.4, 0.5) is 14.0 Å². The van der Waals surface area contributed by atoms with Gasteiger partial charge in [0.25, 0.3) is 0 Å². The van der Waals surface area contributed by atoms with Crippen molar-refractivity contribution in [2.24, 2.45) is 0 Å². The summed E-state index contributed by atoms with van der Waals surface area (Å²) < 4.78 is 19.5. The smallest absolute Gasteiger partial charge is 0.407 e. The highest BCUT2D eigenvalue weighted by molar-refractivity contribution is 6.29. The number of urea groups is 1. The Morgan fingerprint density at radius 3 is 2.83 bits per heavy atom. The monoisotopic (exact) mass is 516 g/mol. The second-order valence-electron chi connectivity index (χ2n) is 10.1. The molecule has 9 nitrogen and oxygen atoms in total. The van der Waals surface area contributed by atoms with E-state index in [1.54, 1.807) is 38.8 Å². The quantitative estimate of drug-likeness (QED) is 0.591. The number of carbonyl (C=O) groups is 2. The maximum absolute atomic E-state index is 14.1. The van der Waals surface area contributed by atoms with Gasteiger partial charge in [-0.3, -0.25) is 4.90 Å². The first-order valence-corrected chi connectivity index (χ1v) is 12.2. The van der Waals surface area contributed by atoms with E-state index in [0.29, 0.717) is 35.2 Å². The Balaban J connectivity index is 1.68. The van der Waals surface area contributed by atoms with Crippen LogP contribution in [0.15, 0.2) is 40.8 Å². The van der Waals surface area contributed by atoms with Gasteiger partial charge >= 0.3 is 12.1 Å². The van der Waals surface area contributed by atoms with Crippen molar-refractivity contribution in [3.8, 4) is 6.07 Å². The third-order valence-electron chi connectivity index (χ3n) is 6.24. The van der Waals surface area contributed by atoms with E-state index in [9.17, 15) is 19.2 Å². The van der Waals surface area contributed by atoms with Crippen molar-refractivity contribution in [2.75, 3.05) is 20.1 Å². The molecule has 1 fully saturated rings. The van der Waals surface area contributed by atoms with E-state index in [4.69, 9.17) is 16.3 Å². The van der Waals surface area contributed by atoms with Gasteiger partial charge in [-0.15, -0.1) is 0 Å². The van der Waals surface area contributed by atoms with Crippen LogP contribution in [0.1, 0.15) is 44.7 Å². The van der Waals surface area contributed by atoms with Gasteiger partial charge in [0.2, 0.25) is 0 Å². The second kappa shape index (κ2) is 9.90. The lowest BCUT2D eigenvalue weighted by Gasteiger charge is -2.46. The van der Waals surface area contributed by atoms with Gasteiger partial charge in [0.15, 0.2) is 0 Å². The highest BCUT2D eigenvalue weighted by Gasteiger charge is 2.43. The molecule has 1 saturated heterocycles. The summed E-state index contributed by atoms with van der Waals surface area (Å²) >= 11 is 6.31. The normalized spacial score (nSPS) is 22.1. The number of halogens is 2. The topological polar surface area (TPSA) is 101 Å². The lowest BCUT2D eigenvalue weighted by atomic mass is 10.0. The first-order valence-electron chi connectivity index (χ1n) is 11.8. The van der Waals surface area contributed by atoms with Gasteiger partial charge in [-0.05, 0) is 63.5 Å². The summed E-state index contributed by atoms with van der Waals surface area (Å²) in [5.74, 6) is 0.133. The van der Waals surface area contributed by atoms with Crippen LogP contribution in [-0.4, -0.2) is 64.8 Å². The zero-order valence-electron chi connectivity index (χ0n) is 20.8. The van der Waals surface area contributed by atoms with E-state index in [2.05, 4.69) is 16.7 Å². The van der Waals surface area contributed by atoms with E-state index in [1.165, 1.54) is 23.1 Å². The Kier molecular flexibility index (Phi) is 7.05. The van der Waals surface area contributed by atoms with Gasteiger partial charge in [0, 0.05) is 31.8 Å². The van der Waals surface area contributed by atoms with E-state index in [1.807, 2.05) is 4.90 Å². The fraction of sp³-hybridized carbons (Fsp3) is 0.480. The van der Waals surface area contributed by atoms with Crippen molar-refractivity contribution in [1.29, 1.82) is 5.26 Å². The SMILES string of the molecule is CN1C(=O)N(Cc2cc(F)ccc2C#N)C(N2CCC[C@@H](NC(=O)OC(C)(C)C)C2)=C2C=C(Cl)NC21. The molecule has 3 heterocycles. The Morgan fingerprint density at radius 1 is 1.39 bits per heavy atom. The first kappa shape index (κ1) is 25.6.